The van der Waals surface area contributed by atoms with E-state index in [0.717, 1.165) is 30.8 Å². The van der Waals surface area contributed by atoms with Crippen LogP contribution in [0.5, 0.6) is 0 Å². The number of fused-ring (bicyclic) bond motifs is 1. The molecule has 1 saturated heterocycles. The number of nitriles is 1. The van der Waals surface area contributed by atoms with Gasteiger partial charge in [0.25, 0.3) is 0 Å². The first-order chi connectivity index (χ1) is 11.9. The summed E-state index contributed by atoms with van der Waals surface area (Å²) in [6.45, 7) is 2.71. The molecule has 1 aromatic rings. The summed E-state index contributed by atoms with van der Waals surface area (Å²) in [6.07, 6.45) is 0.589. The SMILES string of the molecule is CN1CCc2nc(N3C[C@@H](CC(=O)N(C)C)[C@H](O)C3)c(C#N)cc2C1. The van der Waals surface area contributed by atoms with Gasteiger partial charge in [0, 0.05) is 64.7 Å². The summed E-state index contributed by atoms with van der Waals surface area (Å²) in [5.74, 6) is 0.517. The minimum atomic E-state index is -0.584. The van der Waals surface area contributed by atoms with Gasteiger partial charge in [-0.1, -0.05) is 0 Å². The lowest BCUT2D eigenvalue weighted by Crippen LogP contribution is -2.30. The fourth-order valence-electron chi connectivity index (χ4n) is 3.56. The Hall–Kier alpha value is -2.17. The topological polar surface area (TPSA) is 83.7 Å². The van der Waals surface area contributed by atoms with Crippen molar-refractivity contribution in [3.8, 4) is 6.07 Å². The Morgan fingerprint density at radius 2 is 2.24 bits per heavy atom. The van der Waals surface area contributed by atoms with E-state index in [0.29, 0.717) is 30.9 Å². The van der Waals surface area contributed by atoms with Gasteiger partial charge in [0.15, 0.2) is 0 Å². The summed E-state index contributed by atoms with van der Waals surface area (Å²) >= 11 is 0. The molecule has 2 atom stereocenters. The van der Waals surface area contributed by atoms with E-state index in [4.69, 9.17) is 4.98 Å². The zero-order valence-corrected chi connectivity index (χ0v) is 15.1. The number of pyridine rings is 1. The van der Waals surface area contributed by atoms with Crippen molar-refractivity contribution < 1.29 is 9.90 Å². The molecule has 7 nitrogen and oxygen atoms in total. The number of aromatic nitrogens is 1. The first-order valence-electron chi connectivity index (χ1n) is 8.63. The average Bonchev–Trinajstić information content (AvgIpc) is 2.93. The highest BCUT2D eigenvalue weighted by atomic mass is 16.3. The second kappa shape index (κ2) is 6.98. The lowest BCUT2D eigenvalue weighted by atomic mass is 10.0. The van der Waals surface area contributed by atoms with E-state index in [1.54, 1.807) is 19.0 Å². The van der Waals surface area contributed by atoms with E-state index in [1.165, 1.54) is 0 Å². The number of hydrogen-bond acceptors (Lipinski definition) is 6. The Morgan fingerprint density at radius 1 is 1.48 bits per heavy atom. The Morgan fingerprint density at radius 3 is 2.92 bits per heavy atom. The third-order valence-electron chi connectivity index (χ3n) is 5.10. The van der Waals surface area contributed by atoms with Crippen molar-refractivity contribution >= 4 is 11.7 Å². The first kappa shape index (κ1) is 17.6. The van der Waals surface area contributed by atoms with E-state index in [2.05, 4.69) is 18.0 Å². The van der Waals surface area contributed by atoms with Crippen LogP contribution in [0, 0.1) is 17.2 Å². The normalized spacial score (nSPS) is 23.2. The van der Waals surface area contributed by atoms with Gasteiger partial charge in [-0.2, -0.15) is 5.26 Å². The van der Waals surface area contributed by atoms with Crippen LogP contribution in [0.2, 0.25) is 0 Å². The summed E-state index contributed by atoms with van der Waals surface area (Å²) in [6, 6.07) is 4.18. The largest absolute Gasteiger partial charge is 0.391 e. The van der Waals surface area contributed by atoms with E-state index >= 15 is 0 Å². The smallest absolute Gasteiger partial charge is 0.222 e. The zero-order chi connectivity index (χ0) is 18.1. The van der Waals surface area contributed by atoms with Crippen LogP contribution in [0.3, 0.4) is 0 Å². The van der Waals surface area contributed by atoms with E-state index in [9.17, 15) is 15.2 Å². The number of hydrogen-bond donors (Lipinski definition) is 1. The van der Waals surface area contributed by atoms with Gasteiger partial charge in [0.05, 0.1) is 11.7 Å². The monoisotopic (exact) mass is 343 g/mol. The molecule has 0 bridgehead atoms. The van der Waals surface area contributed by atoms with Crippen LogP contribution >= 0.6 is 0 Å². The highest BCUT2D eigenvalue weighted by molar-refractivity contribution is 5.76. The molecule has 0 aromatic carbocycles. The van der Waals surface area contributed by atoms with Crippen LogP contribution in [0.15, 0.2) is 6.07 Å². The first-order valence-corrected chi connectivity index (χ1v) is 8.63. The van der Waals surface area contributed by atoms with Crippen LogP contribution in [0.4, 0.5) is 5.82 Å². The number of amides is 1. The fraction of sp³-hybridized carbons (Fsp3) is 0.611. The molecule has 1 aromatic heterocycles. The van der Waals surface area contributed by atoms with Crippen molar-refractivity contribution in [1.29, 1.82) is 5.26 Å². The van der Waals surface area contributed by atoms with Gasteiger partial charge in [-0.05, 0) is 18.7 Å². The van der Waals surface area contributed by atoms with Crippen molar-refractivity contribution in [3.05, 3.63) is 22.9 Å². The molecule has 0 radical (unpaired) electrons. The molecule has 1 amide bonds. The maximum atomic E-state index is 12.0. The Balaban J connectivity index is 1.82. The summed E-state index contributed by atoms with van der Waals surface area (Å²) < 4.78 is 0. The summed E-state index contributed by atoms with van der Waals surface area (Å²) in [4.78, 5) is 22.4. The van der Waals surface area contributed by atoms with E-state index < -0.39 is 6.10 Å². The van der Waals surface area contributed by atoms with Crippen LogP contribution in [0.25, 0.3) is 0 Å². The molecular weight excluding hydrogens is 318 g/mol. The van der Waals surface area contributed by atoms with Crippen molar-refractivity contribution in [1.82, 2.24) is 14.8 Å². The van der Waals surface area contributed by atoms with Gasteiger partial charge in [-0.25, -0.2) is 4.98 Å². The fourth-order valence-corrected chi connectivity index (χ4v) is 3.56. The minimum absolute atomic E-state index is 0.00726. The summed E-state index contributed by atoms with van der Waals surface area (Å²) in [7, 11) is 5.50. The molecule has 0 aliphatic carbocycles. The van der Waals surface area contributed by atoms with Gasteiger partial charge in [0.1, 0.15) is 11.9 Å². The molecule has 25 heavy (non-hydrogen) atoms. The second-order valence-corrected chi connectivity index (χ2v) is 7.29. The highest BCUT2D eigenvalue weighted by Gasteiger charge is 2.35. The lowest BCUT2D eigenvalue weighted by Gasteiger charge is -2.27. The molecule has 3 rings (SSSR count). The maximum Gasteiger partial charge on any atom is 0.222 e. The van der Waals surface area contributed by atoms with Crippen molar-refractivity contribution in [2.24, 2.45) is 5.92 Å². The van der Waals surface area contributed by atoms with Crippen LogP contribution in [-0.4, -0.2) is 72.7 Å². The molecule has 134 valence electrons. The van der Waals surface area contributed by atoms with E-state index in [-0.39, 0.29) is 11.8 Å². The Labute approximate surface area is 148 Å². The standard InChI is InChI=1S/C18H25N5O2/c1-21(2)17(25)7-14-10-23(11-16(14)24)18-12(8-19)6-13-9-22(3)5-4-15(13)20-18/h6,14,16,24H,4-5,7,9-11H2,1-3H3/t14-,16-/m1/s1. The van der Waals surface area contributed by atoms with Crippen LogP contribution in [0.1, 0.15) is 23.2 Å². The highest BCUT2D eigenvalue weighted by Crippen LogP contribution is 2.30. The number of aliphatic hydroxyl groups is 1. The van der Waals surface area contributed by atoms with E-state index in [1.807, 2.05) is 11.0 Å². The lowest BCUT2D eigenvalue weighted by molar-refractivity contribution is -0.130. The molecule has 0 saturated carbocycles. The molecule has 0 unspecified atom stereocenters. The van der Waals surface area contributed by atoms with Gasteiger partial charge < -0.3 is 19.8 Å². The third-order valence-corrected chi connectivity index (χ3v) is 5.10. The van der Waals surface area contributed by atoms with Gasteiger partial charge in [-0.3, -0.25) is 4.79 Å². The van der Waals surface area contributed by atoms with Gasteiger partial charge in [0.2, 0.25) is 5.91 Å². The second-order valence-electron chi connectivity index (χ2n) is 7.29. The molecule has 1 fully saturated rings. The third kappa shape index (κ3) is 3.60. The minimum Gasteiger partial charge on any atom is -0.391 e. The van der Waals surface area contributed by atoms with Gasteiger partial charge in [-0.15, -0.1) is 0 Å². The number of anilines is 1. The average molecular weight is 343 g/mol. The molecule has 2 aliphatic heterocycles. The number of likely N-dealkylation sites (N-methyl/N-ethyl adjacent to an activating group) is 1. The number of β-amino-alcohol motifs (C(OH)–C–C–N with tert-alkyl or cyclic N) is 1. The summed E-state index contributed by atoms with van der Waals surface area (Å²) in [5, 5.41) is 19.9. The maximum absolute atomic E-state index is 12.0. The quantitative estimate of drug-likeness (QED) is 0.845. The summed E-state index contributed by atoms with van der Waals surface area (Å²) in [5.41, 5.74) is 2.68. The Kier molecular flexibility index (Phi) is 4.93. The van der Waals surface area contributed by atoms with Crippen molar-refractivity contribution in [3.63, 3.8) is 0 Å². The molecule has 2 aliphatic rings. The number of aliphatic hydroxyl groups excluding tert-OH is 1. The molecule has 7 heteroatoms. The number of carbonyl (C=O) groups excluding carboxylic acids is 1. The van der Waals surface area contributed by atoms with Gasteiger partial charge >= 0.3 is 0 Å². The number of rotatable bonds is 3. The number of nitrogens with zero attached hydrogens (tertiary/aromatic N) is 5. The predicted octanol–water partition coefficient (Wildman–Crippen LogP) is 0.217. The number of carbonyl (C=O) groups is 1. The predicted molar refractivity (Wildman–Crippen MR) is 94.0 cm³/mol. The molecule has 3 heterocycles. The van der Waals surface area contributed by atoms with Crippen LogP contribution < -0.4 is 4.90 Å². The molecule has 1 N–H and O–H groups in total. The zero-order valence-electron chi connectivity index (χ0n) is 15.1. The molecular formula is C18H25N5O2. The van der Waals surface area contributed by atoms with Crippen molar-refractivity contribution in [2.45, 2.75) is 25.5 Å². The van der Waals surface area contributed by atoms with Crippen molar-refractivity contribution in [2.75, 3.05) is 45.7 Å². The molecule has 0 spiro atoms. The van der Waals surface area contributed by atoms with Crippen LogP contribution in [-0.2, 0) is 17.8 Å². The Bertz CT molecular complexity index is 712.